The highest BCUT2D eigenvalue weighted by Gasteiger charge is 2.37. The molecule has 0 bridgehead atoms. The number of rotatable bonds is 2. The monoisotopic (exact) mass is 377 g/mol. The highest BCUT2D eigenvalue weighted by Crippen LogP contribution is 2.26. The molecule has 0 unspecified atom stereocenters. The standard InChI is InChI=1S/C18H20ClN3O2S/c1-12(21-7-6-16-15(10-21)20-18(23)11-24-16)22-8-13(9-22)2-3-14-4-5-17(19)25-14/h4-5,13,15-16H,1,6-11H2,(H,20,23)/t15-,16+/m1/s1. The molecule has 0 saturated carbocycles. The molecule has 0 spiro atoms. The molecule has 0 radical (unpaired) electrons. The second kappa shape index (κ2) is 6.91. The van der Waals surface area contributed by atoms with Gasteiger partial charge < -0.3 is 19.9 Å². The average molecular weight is 378 g/mol. The number of ether oxygens (including phenoxy) is 1. The molecule has 3 aliphatic heterocycles. The fraction of sp³-hybridized carbons (Fsp3) is 0.500. The van der Waals surface area contributed by atoms with Crippen molar-refractivity contribution in [3.63, 3.8) is 0 Å². The molecule has 3 aliphatic rings. The van der Waals surface area contributed by atoms with Crippen molar-refractivity contribution < 1.29 is 9.53 Å². The van der Waals surface area contributed by atoms with Gasteiger partial charge >= 0.3 is 0 Å². The van der Waals surface area contributed by atoms with Crippen molar-refractivity contribution >= 4 is 28.8 Å². The second-order valence-corrected chi connectivity index (χ2v) is 8.36. The van der Waals surface area contributed by atoms with Crippen LogP contribution in [0.2, 0.25) is 4.34 Å². The molecule has 5 nitrogen and oxygen atoms in total. The lowest BCUT2D eigenvalue weighted by atomic mass is 9.98. The van der Waals surface area contributed by atoms with Gasteiger partial charge in [-0.15, -0.1) is 11.3 Å². The van der Waals surface area contributed by atoms with Crippen molar-refractivity contribution in [3.05, 3.63) is 33.7 Å². The number of hydrogen-bond acceptors (Lipinski definition) is 5. The molecule has 2 atom stereocenters. The summed E-state index contributed by atoms with van der Waals surface area (Å²) in [5.74, 6) is 7.88. The number of piperidine rings is 1. The number of fused-ring (bicyclic) bond motifs is 1. The molecular formula is C18H20ClN3O2S. The van der Waals surface area contributed by atoms with Gasteiger partial charge in [0.15, 0.2) is 0 Å². The number of hydrogen-bond donors (Lipinski definition) is 1. The lowest BCUT2D eigenvalue weighted by molar-refractivity contribution is -0.140. The summed E-state index contributed by atoms with van der Waals surface area (Å²) in [4.78, 5) is 17.0. The first kappa shape index (κ1) is 16.8. The van der Waals surface area contributed by atoms with Gasteiger partial charge in [-0.25, -0.2) is 0 Å². The molecule has 1 N–H and O–H groups in total. The third kappa shape index (κ3) is 3.64. The Balaban J connectivity index is 1.28. The van der Waals surface area contributed by atoms with E-state index in [0.717, 1.165) is 47.6 Å². The Morgan fingerprint density at radius 2 is 2.20 bits per heavy atom. The van der Waals surface area contributed by atoms with Gasteiger partial charge in [0, 0.05) is 26.2 Å². The van der Waals surface area contributed by atoms with E-state index in [-0.39, 0.29) is 24.7 Å². The van der Waals surface area contributed by atoms with E-state index in [1.165, 1.54) is 11.3 Å². The van der Waals surface area contributed by atoms with Gasteiger partial charge in [0.25, 0.3) is 0 Å². The van der Waals surface area contributed by atoms with Crippen molar-refractivity contribution in [2.45, 2.75) is 18.6 Å². The predicted molar refractivity (Wildman–Crippen MR) is 98.3 cm³/mol. The van der Waals surface area contributed by atoms with Crippen LogP contribution in [0.3, 0.4) is 0 Å². The van der Waals surface area contributed by atoms with Crippen molar-refractivity contribution in [1.82, 2.24) is 15.1 Å². The smallest absolute Gasteiger partial charge is 0.246 e. The molecule has 132 valence electrons. The van der Waals surface area contributed by atoms with E-state index >= 15 is 0 Å². The first-order valence-corrected chi connectivity index (χ1v) is 9.64. The van der Waals surface area contributed by atoms with Gasteiger partial charge in [-0.2, -0.15) is 0 Å². The number of amides is 1. The van der Waals surface area contributed by atoms with Crippen LogP contribution in [-0.4, -0.2) is 60.6 Å². The highest BCUT2D eigenvalue weighted by atomic mass is 35.5. The number of nitrogens with one attached hydrogen (secondary N) is 1. The van der Waals surface area contributed by atoms with E-state index in [9.17, 15) is 4.79 Å². The highest BCUT2D eigenvalue weighted by molar-refractivity contribution is 7.16. The summed E-state index contributed by atoms with van der Waals surface area (Å²) < 4.78 is 6.38. The van der Waals surface area contributed by atoms with Crippen molar-refractivity contribution in [3.8, 4) is 11.8 Å². The van der Waals surface area contributed by atoms with E-state index in [2.05, 4.69) is 33.5 Å². The number of thiophene rings is 1. The van der Waals surface area contributed by atoms with Gasteiger partial charge in [-0.05, 0) is 18.6 Å². The first-order valence-electron chi connectivity index (χ1n) is 8.45. The quantitative estimate of drug-likeness (QED) is 0.797. The molecule has 1 aromatic heterocycles. The zero-order chi connectivity index (χ0) is 17.4. The molecule has 3 saturated heterocycles. The van der Waals surface area contributed by atoms with Crippen LogP contribution in [0.4, 0.5) is 0 Å². The summed E-state index contributed by atoms with van der Waals surface area (Å²) in [5, 5.41) is 3.03. The van der Waals surface area contributed by atoms with E-state index in [1.54, 1.807) is 0 Å². The maximum absolute atomic E-state index is 11.5. The summed E-state index contributed by atoms with van der Waals surface area (Å²) in [6.07, 6.45) is 1.05. The van der Waals surface area contributed by atoms with Gasteiger partial charge in [0.1, 0.15) is 6.61 Å². The third-order valence-corrected chi connectivity index (χ3v) is 6.06. The minimum Gasteiger partial charge on any atom is -0.366 e. The molecule has 25 heavy (non-hydrogen) atoms. The topological polar surface area (TPSA) is 44.8 Å². The van der Waals surface area contributed by atoms with Crippen molar-refractivity contribution in [2.24, 2.45) is 5.92 Å². The van der Waals surface area contributed by atoms with Crippen LogP contribution in [0.15, 0.2) is 24.5 Å². The molecular weight excluding hydrogens is 358 g/mol. The van der Waals surface area contributed by atoms with Gasteiger partial charge in [-0.3, -0.25) is 4.79 Å². The SMILES string of the molecule is C=C(N1CC(C#Cc2ccc(Cl)s2)C1)N1CC[C@@H]2OCC(=O)N[C@@H]2C1. The van der Waals surface area contributed by atoms with E-state index in [0.29, 0.717) is 5.92 Å². The Hall–Kier alpha value is -1.68. The van der Waals surface area contributed by atoms with E-state index in [4.69, 9.17) is 16.3 Å². The van der Waals surface area contributed by atoms with Gasteiger partial charge in [0.2, 0.25) is 5.91 Å². The summed E-state index contributed by atoms with van der Waals surface area (Å²) in [7, 11) is 0. The minimum absolute atomic E-state index is 0.0262. The number of nitrogens with zero attached hydrogens (tertiary/aromatic N) is 2. The Morgan fingerprint density at radius 3 is 2.96 bits per heavy atom. The van der Waals surface area contributed by atoms with Crippen LogP contribution >= 0.6 is 22.9 Å². The van der Waals surface area contributed by atoms with E-state index in [1.807, 2.05) is 12.1 Å². The van der Waals surface area contributed by atoms with Crippen LogP contribution in [-0.2, 0) is 9.53 Å². The van der Waals surface area contributed by atoms with E-state index < -0.39 is 0 Å². The maximum Gasteiger partial charge on any atom is 0.246 e. The molecule has 4 rings (SSSR count). The molecule has 1 amide bonds. The predicted octanol–water partition coefficient (Wildman–Crippen LogP) is 1.75. The number of likely N-dealkylation sites (tertiary alicyclic amines) is 2. The fourth-order valence-corrected chi connectivity index (χ4v) is 4.37. The third-order valence-electron chi connectivity index (χ3n) is 4.91. The summed E-state index contributed by atoms with van der Waals surface area (Å²) in [6.45, 7) is 7.91. The number of morpholine rings is 1. The lowest BCUT2D eigenvalue weighted by Gasteiger charge is -2.48. The van der Waals surface area contributed by atoms with Crippen LogP contribution < -0.4 is 5.32 Å². The Kier molecular flexibility index (Phi) is 4.63. The normalized spacial score (nSPS) is 26.2. The lowest BCUT2D eigenvalue weighted by Crippen LogP contribution is -2.61. The average Bonchev–Trinajstić information content (AvgIpc) is 2.97. The number of halogens is 1. The zero-order valence-corrected chi connectivity index (χ0v) is 15.4. The molecule has 0 aromatic carbocycles. The van der Waals surface area contributed by atoms with Crippen molar-refractivity contribution in [2.75, 3.05) is 32.8 Å². The van der Waals surface area contributed by atoms with Crippen LogP contribution in [0.25, 0.3) is 0 Å². The van der Waals surface area contributed by atoms with Crippen LogP contribution in [0.5, 0.6) is 0 Å². The van der Waals surface area contributed by atoms with Gasteiger partial charge in [0.05, 0.1) is 33.1 Å². The number of carbonyl (C=O) groups excluding carboxylic acids is 1. The second-order valence-electron chi connectivity index (χ2n) is 6.65. The maximum atomic E-state index is 11.5. The first-order chi connectivity index (χ1) is 12.1. The molecule has 7 heteroatoms. The van der Waals surface area contributed by atoms with Crippen molar-refractivity contribution in [1.29, 1.82) is 0 Å². The minimum atomic E-state index is -0.0262. The Morgan fingerprint density at radius 1 is 1.36 bits per heavy atom. The summed E-state index contributed by atoms with van der Waals surface area (Å²) in [6, 6.07) is 3.90. The summed E-state index contributed by atoms with van der Waals surface area (Å²) in [5.41, 5.74) is 0. The molecule has 1 aromatic rings. The van der Waals surface area contributed by atoms with Gasteiger partial charge in [-0.1, -0.05) is 30.0 Å². The number of carbonyl (C=O) groups is 1. The zero-order valence-electron chi connectivity index (χ0n) is 13.8. The Labute approximate surface area is 156 Å². The fourth-order valence-electron chi connectivity index (χ4n) is 3.47. The van der Waals surface area contributed by atoms with Crippen LogP contribution in [0.1, 0.15) is 11.3 Å². The summed E-state index contributed by atoms with van der Waals surface area (Å²) >= 11 is 7.43. The Bertz CT molecular complexity index is 747. The molecule has 3 fully saturated rings. The van der Waals surface area contributed by atoms with Crippen LogP contribution in [0, 0.1) is 17.8 Å². The largest absolute Gasteiger partial charge is 0.366 e. The molecule has 4 heterocycles. The molecule has 0 aliphatic carbocycles.